The number of rotatable bonds is 4. The molecule has 5 heteroatoms. The lowest BCUT2D eigenvalue weighted by molar-refractivity contribution is 0.116. The van der Waals surface area contributed by atoms with E-state index in [1.54, 1.807) is 0 Å². The molecule has 0 amide bonds. The van der Waals surface area contributed by atoms with E-state index in [-0.39, 0.29) is 12.3 Å². The van der Waals surface area contributed by atoms with Crippen LogP contribution in [0.4, 0.5) is 0 Å². The van der Waals surface area contributed by atoms with Crippen molar-refractivity contribution in [2.75, 3.05) is 14.2 Å². The van der Waals surface area contributed by atoms with Gasteiger partial charge in [0.05, 0.1) is 18.9 Å². The Bertz CT molecular complexity index is 579. The number of benzene rings is 1. The maximum absolute atomic E-state index is 12.3. The normalized spacial score (nSPS) is 10.3. The molecule has 0 unspecified atom stereocenters. The topological polar surface area (TPSA) is 53.4 Å². The Morgan fingerprint density at radius 2 is 1.94 bits per heavy atom. The van der Waals surface area contributed by atoms with Crippen LogP contribution in [0.1, 0.15) is 0 Å². The van der Waals surface area contributed by atoms with Crippen LogP contribution in [-0.4, -0.2) is 24.0 Å². The molecule has 2 aromatic rings. The van der Waals surface area contributed by atoms with Gasteiger partial charge in [-0.3, -0.25) is 4.79 Å². The van der Waals surface area contributed by atoms with Gasteiger partial charge in [-0.05, 0) is 5.56 Å². The highest BCUT2D eigenvalue weighted by Crippen LogP contribution is 2.24. The monoisotopic (exact) mass is 246 g/mol. The van der Waals surface area contributed by atoms with Crippen LogP contribution in [-0.2, 0) is 11.5 Å². The second-order valence-electron chi connectivity index (χ2n) is 3.68. The fraction of sp³-hybridized carbons (Fsp3) is 0.231. The lowest BCUT2D eigenvalue weighted by Crippen LogP contribution is -2.25. The number of hydrogen-bond acceptors (Lipinski definition) is 4. The molecule has 18 heavy (non-hydrogen) atoms. The average molecular weight is 246 g/mol. The van der Waals surface area contributed by atoms with Gasteiger partial charge in [0, 0.05) is 7.11 Å². The number of nitrogens with zero attached hydrogens (tertiary/aromatic N) is 2. The second-order valence-corrected chi connectivity index (χ2v) is 3.68. The van der Waals surface area contributed by atoms with Gasteiger partial charge in [-0.2, -0.15) is 5.10 Å². The minimum atomic E-state index is -0.234. The molecule has 0 spiro atoms. The van der Waals surface area contributed by atoms with Crippen LogP contribution in [0.15, 0.2) is 41.3 Å². The third-order valence-electron chi connectivity index (χ3n) is 2.54. The zero-order valence-electron chi connectivity index (χ0n) is 10.3. The Hall–Kier alpha value is -2.14. The Balaban J connectivity index is 2.63. The van der Waals surface area contributed by atoms with E-state index in [4.69, 9.17) is 9.47 Å². The lowest BCUT2D eigenvalue weighted by atomic mass is 10.1. The maximum Gasteiger partial charge on any atom is 0.280 e. The summed E-state index contributed by atoms with van der Waals surface area (Å²) in [6.07, 6.45) is 1.52. The van der Waals surface area contributed by atoms with Crippen molar-refractivity contribution in [3.8, 4) is 16.9 Å². The van der Waals surface area contributed by atoms with Crippen molar-refractivity contribution in [1.29, 1.82) is 0 Å². The van der Waals surface area contributed by atoms with Crippen LogP contribution in [0, 0.1) is 0 Å². The number of aromatic nitrogens is 2. The maximum atomic E-state index is 12.3. The van der Waals surface area contributed by atoms with Crippen LogP contribution in [0.5, 0.6) is 5.75 Å². The third-order valence-corrected chi connectivity index (χ3v) is 2.54. The van der Waals surface area contributed by atoms with Crippen molar-refractivity contribution in [3.05, 3.63) is 46.9 Å². The highest BCUT2D eigenvalue weighted by molar-refractivity contribution is 5.68. The largest absolute Gasteiger partial charge is 0.494 e. The number of methoxy groups -OCH3 is 2. The van der Waals surface area contributed by atoms with Gasteiger partial charge < -0.3 is 9.47 Å². The molecule has 0 aliphatic rings. The summed E-state index contributed by atoms with van der Waals surface area (Å²) < 4.78 is 11.4. The summed E-state index contributed by atoms with van der Waals surface area (Å²) >= 11 is 0. The van der Waals surface area contributed by atoms with Crippen molar-refractivity contribution in [3.63, 3.8) is 0 Å². The first-order valence-electron chi connectivity index (χ1n) is 5.46. The molecule has 0 bridgehead atoms. The standard InChI is InChI=1S/C13H14N2O3/c1-17-9-15-13(16)12(11(18-2)8-14-15)10-6-4-3-5-7-10/h3-8H,9H2,1-2H3. The summed E-state index contributed by atoms with van der Waals surface area (Å²) in [5.74, 6) is 0.457. The van der Waals surface area contributed by atoms with E-state index in [9.17, 15) is 4.79 Å². The molecular weight excluding hydrogens is 232 g/mol. The van der Waals surface area contributed by atoms with Gasteiger partial charge in [-0.25, -0.2) is 4.68 Å². The van der Waals surface area contributed by atoms with Crippen LogP contribution in [0.3, 0.4) is 0 Å². The van der Waals surface area contributed by atoms with Crippen LogP contribution in [0.25, 0.3) is 11.1 Å². The van der Waals surface area contributed by atoms with E-state index in [0.717, 1.165) is 5.56 Å². The Morgan fingerprint density at radius 3 is 2.56 bits per heavy atom. The molecule has 5 nitrogen and oxygen atoms in total. The van der Waals surface area contributed by atoms with Gasteiger partial charge >= 0.3 is 0 Å². The molecule has 1 aromatic heterocycles. The first-order chi connectivity index (χ1) is 8.77. The molecule has 2 rings (SSSR count). The zero-order chi connectivity index (χ0) is 13.0. The molecule has 0 saturated carbocycles. The van der Waals surface area contributed by atoms with Crippen molar-refractivity contribution in [1.82, 2.24) is 9.78 Å². The molecule has 0 saturated heterocycles. The van der Waals surface area contributed by atoms with Crippen LogP contribution < -0.4 is 10.3 Å². The minimum Gasteiger partial charge on any atom is -0.494 e. The zero-order valence-corrected chi connectivity index (χ0v) is 10.3. The average Bonchev–Trinajstić information content (AvgIpc) is 2.42. The molecule has 1 heterocycles. The van der Waals surface area contributed by atoms with Gasteiger partial charge in [0.2, 0.25) is 0 Å². The first-order valence-corrected chi connectivity index (χ1v) is 5.46. The number of ether oxygens (including phenoxy) is 2. The smallest absolute Gasteiger partial charge is 0.280 e. The Morgan fingerprint density at radius 1 is 1.22 bits per heavy atom. The van der Waals surface area contributed by atoms with Gasteiger partial charge in [-0.15, -0.1) is 0 Å². The van der Waals surface area contributed by atoms with Gasteiger partial charge in [-0.1, -0.05) is 30.3 Å². The quantitative estimate of drug-likeness (QED) is 0.820. The molecule has 0 N–H and O–H groups in total. The predicted molar refractivity (Wildman–Crippen MR) is 67.5 cm³/mol. The number of hydrogen-bond donors (Lipinski definition) is 0. The highest BCUT2D eigenvalue weighted by Gasteiger charge is 2.13. The highest BCUT2D eigenvalue weighted by atomic mass is 16.5. The van der Waals surface area contributed by atoms with Gasteiger partial charge in [0.25, 0.3) is 5.56 Å². The summed E-state index contributed by atoms with van der Waals surface area (Å²) in [4.78, 5) is 12.3. The Labute approximate surface area is 105 Å². The van der Waals surface area contributed by atoms with Gasteiger partial charge in [0.15, 0.2) is 5.75 Å². The summed E-state index contributed by atoms with van der Waals surface area (Å²) in [6.45, 7) is 0.114. The molecule has 0 aliphatic heterocycles. The summed E-state index contributed by atoms with van der Waals surface area (Å²) in [5.41, 5.74) is 1.05. The SMILES string of the molecule is COCn1ncc(OC)c(-c2ccccc2)c1=O. The predicted octanol–water partition coefficient (Wildman–Crippen LogP) is 1.52. The van der Waals surface area contributed by atoms with Crippen LogP contribution in [0.2, 0.25) is 0 Å². The fourth-order valence-corrected chi connectivity index (χ4v) is 1.71. The minimum absolute atomic E-state index is 0.114. The molecule has 94 valence electrons. The van der Waals surface area contributed by atoms with Crippen molar-refractivity contribution in [2.45, 2.75) is 6.73 Å². The molecule has 0 aliphatic carbocycles. The van der Waals surface area contributed by atoms with E-state index >= 15 is 0 Å². The van der Waals surface area contributed by atoms with Gasteiger partial charge in [0.1, 0.15) is 6.73 Å². The fourth-order valence-electron chi connectivity index (χ4n) is 1.71. The van der Waals surface area contributed by atoms with E-state index in [2.05, 4.69) is 5.10 Å². The van der Waals surface area contributed by atoms with E-state index in [0.29, 0.717) is 11.3 Å². The second kappa shape index (κ2) is 5.46. The first kappa shape index (κ1) is 12.3. The van der Waals surface area contributed by atoms with E-state index in [1.165, 1.54) is 25.1 Å². The summed E-state index contributed by atoms with van der Waals surface area (Å²) in [5, 5.41) is 3.98. The molecular formula is C13H14N2O3. The molecule has 0 fully saturated rings. The van der Waals surface area contributed by atoms with E-state index < -0.39 is 0 Å². The van der Waals surface area contributed by atoms with Crippen molar-refractivity contribution in [2.24, 2.45) is 0 Å². The van der Waals surface area contributed by atoms with Crippen molar-refractivity contribution >= 4 is 0 Å². The van der Waals surface area contributed by atoms with E-state index in [1.807, 2.05) is 30.3 Å². The lowest BCUT2D eigenvalue weighted by Gasteiger charge is -2.10. The molecule has 0 radical (unpaired) electrons. The summed E-state index contributed by atoms with van der Waals surface area (Å²) in [7, 11) is 3.03. The van der Waals surface area contributed by atoms with Crippen LogP contribution >= 0.6 is 0 Å². The van der Waals surface area contributed by atoms with Crippen molar-refractivity contribution < 1.29 is 9.47 Å². The molecule has 0 atom stereocenters. The third kappa shape index (κ3) is 2.26. The molecule has 1 aromatic carbocycles. The summed E-state index contributed by atoms with van der Waals surface area (Å²) in [6, 6.07) is 9.35. The Kier molecular flexibility index (Phi) is 3.74.